The Morgan fingerprint density at radius 1 is 0.878 bits per heavy atom. The molecular weight excluding hydrogens is 531 g/mol. The number of amides is 1. The van der Waals surface area contributed by atoms with E-state index in [-0.39, 0.29) is 22.6 Å². The molecule has 210 valence electrons. The SMILES string of the molecule is CC1=NC(c2ccc(F)cc2)(c2ccc(F)cc2)C(=O)N1CC1CCN(Cc2coc3ccc(F)cc3c2=O)CC1. The lowest BCUT2D eigenvalue weighted by molar-refractivity contribution is -0.130. The van der Waals surface area contributed by atoms with E-state index in [2.05, 4.69) is 4.90 Å². The molecule has 3 heterocycles. The smallest absolute Gasteiger partial charge is 0.265 e. The van der Waals surface area contributed by atoms with Crippen LogP contribution in [0.1, 0.15) is 36.5 Å². The third-order valence-electron chi connectivity index (χ3n) is 8.15. The summed E-state index contributed by atoms with van der Waals surface area (Å²) in [5.41, 5.74) is 0.199. The Bertz CT molecular complexity index is 1650. The molecule has 9 heteroatoms. The number of fused-ring (bicyclic) bond motifs is 1. The van der Waals surface area contributed by atoms with Crippen molar-refractivity contribution in [1.29, 1.82) is 0 Å². The monoisotopic (exact) mass is 559 g/mol. The third kappa shape index (κ3) is 4.95. The molecule has 0 N–H and O–H groups in total. The van der Waals surface area contributed by atoms with Crippen molar-refractivity contribution < 1.29 is 22.4 Å². The van der Waals surface area contributed by atoms with Crippen molar-refractivity contribution in [2.75, 3.05) is 19.6 Å². The Morgan fingerprint density at radius 3 is 2.07 bits per heavy atom. The van der Waals surface area contributed by atoms with Gasteiger partial charge in [0.05, 0.1) is 11.6 Å². The number of halogens is 3. The summed E-state index contributed by atoms with van der Waals surface area (Å²) in [5, 5.41) is 0.227. The molecule has 6 nitrogen and oxygen atoms in total. The summed E-state index contributed by atoms with van der Waals surface area (Å²) in [4.78, 5) is 35.7. The Labute approximate surface area is 234 Å². The summed E-state index contributed by atoms with van der Waals surface area (Å²) in [6.07, 6.45) is 3.04. The average Bonchev–Trinajstić information content (AvgIpc) is 3.22. The number of piperidine rings is 1. The van der Waals surface area contributed by atoms with Crippen LogP contribution in [-0.4, -0.2) is 41.2 Å². The molecule has 0 bridgehead atoms. The zero-order valence-corrected chi connectivity index (χ0v) is 22.4. The largest absolute Gasteiger partial charge is 0.464 e. The number of hydrogen-bond acceptors (Lipinski definition) is 5. The molecule has 41 heavy (non-hydrogen) atoms. The number of hydrogen-bond donors (Lipinski definition) is 0. The van der Waals surface area contributed by atoms with E-state index < -0.39 is 23.0 Å². The maximum absolute atomic E-state index is 14.1. The normalized spacial score (nSPS) is 17.8. The second kappa shape index (κ2) is 10.6. The van der Waals surface area contributed by atoms with Crippen LogP contribution in [0.2, 0.25) is 0 Å². The highest BCUT2D eigenvalue weighted by Crippen LogP contribution is 2.41. The van der Waals surface area contributed by atoms with Gasteiger partial charge in [0.1, 0.15) is 28.9 Å². The van der Waals surface area contributed by atoms with Gasteiger partial charge >= 0.3 is 0 Å². The minimum absolute atomic E-state index is 0.194. The van der Waals surface area contributed by atoms with Crippen molar-refractivity contribution in [2.24, 2.45) is 10.9 Å². The highest BCUT2D eigenvalue weighted by Gasteiger charge is 2.50. The van der Waals surface area contributed by atoms with Gasteiger partial charge in [-0.2, -0.15) is 0 Å². The molecule has 1 fully saturated rings. The second-order valence-electron chi connectivity index (χ2n) is 10.7. The molecule has 0 atom stereocenters. The van der Waals surface area contributed by atoms with Crippen LogP contribution in [0, 0.1) is 23.4 Å². The molecule has 6 rings (SSSR count). The van der Waals surface area contributed by atoms with E-state index in [9.17, 15) is 22.8 Å². The predicted molar refractivity (Wildman–Crippen MR) is 149 cm³/mol. The maximum atomic E-state index is 14.1. The lowest BCUT2D eigenvalue weighted by atomic mass is 9.82. The van der Waals surface area contributed by atoms with Gasteiger partial charge in [0.15, 0.2) is 11.0 Å². The molecule has 2 aliphatic rings. The molecule has 1 amide bonds. The average molecular weight is 560 g/mol. The fraction of sp³-hybridized carbons (Fsp3) is 0.281. The van der Waals surface area contributed by atoms with Crippen LogP contribution in [0.25, 0.3) is 11.0 Å². The highest BCUT2D eigenvalue weighted by molar-refractivity contribution is 6.09. The van der Waals surface area contributed by atoms with Crippen LogP contribution >= 0.6 is 0 Å². The van der Waals surface area contributed by atoms with Crippen molar-refractivity contribution in [3.05, 3.63) is 117 Å². The fourth-order valence-corrected chi connectivity index (χ4v) is 5.91. The lowest BCUT2D eigenvalue weighted by Gasteiger charge is -2.34. The number of aliphatic imine (C=N–C) groups is 1. The number of carbonyl (C=O) groups excluding carboxylic acids is 1. The molecule has 0 aliphatic carbocycles. The molecule has 0 unspecified atom stereocenters. The molecule has 0 spiro atoms. The van der Waals surface area contributed by atoms with Crippen LogP contribution in [0.4, 0.5) is 13.2 Å². The van der Waals surface area contributed by atoms with E-state index >= 15 is 0 Å². The van der Waals surface area contributed by atoms with Crippen molar-refractivity contribution in [3.8, 4) is 0 Å². The van der Waals surface area contributed by atoms with E-state index in [4.69, 9.17) is 9.41 Å². The van der Waals surface area contributed by atoms with Crippen molar-refractivity contribution in [1.82, 2.24) is 9.80 Å². The molecule has 3 aromatic carbocycles. The Morgan fingerprint density at radius 2 is 1.46 bits per heavy atom. The van der Waals surface area contributed by atoms with Crippen molar-refractivity contribution in [2.45, 2.75) is 31.8 Å². The third-order valence-corrected chi connectivity index (χ3v) is 8.15. The maximum Gasteiger partial charge on any atom is 0.265 e. The summed E-state index contributed by atoms with van der Waals surface area (Å²) in [7, 11) is 0. The quantitative estimate of drug-likeness (QED) is 0.307. The molecule has 0 saturated carbocycles. The molecule has 2 aliphatic heterocycles. The Hall–Kier alpha value is -4.24. The van der Waals surface area contributed by atoms with Crippen molar-refractivity contribution in [3.63, 3.8) is 0 Å². The van der Waals surface area contributed by atoms with Gasteiger partial charge in [-0.25, -0.2) is 18.2 Å². The van der Waals surface area contributed by atoms with Crippen LogP contribution in [0.5, 0.6) is 0 Å². The molecule has 0 radical (unpaired) electrons. The van der Waals surface area contributed by atoms with Crippen LogP contribution in [-0.2, 0) is 16.9 Å². The minimum Gasteiger partial charge on any atom is -0.464 e. The summed E-state index contributed by atoms with van der Waals surface area (Å²) in [6, 6.07) is 15.3. The molecule has 1 aromatic heterocycles. The van der Waals surface area contributed by atoms with Crippen LogP contribution in [0.3, 0.4) is 0 Å². The summed E-state index contributed by atoms with van der Waals surface area (Å²) in [5.74, 6) is -0.845. The van der Waals surface area contributed by atoms with E-state index in [0.29, 0.717) is 54.3 Å². The number of benzene rings is 3. The first-order valence-electron chi connectivity index (χ1n) is 13.6. The van der Waals surface area contributed by atoms with Gasteiger partial charge in [-0.3, -0.25) is 19.4 Å². The van der Waals surface area contributed by atoms with Gasteiger partial charge in [-0.15, -0.1) is 0 Å². The van der Waals surface area contributed by atoms with E-state index in [1.165, 1.54) is 48.7 Å². The fourth-order valence-electron chi connectivity index (χ4n) is 5.91. The number of nitrogens with zero attached hydrogens (tertiary/aromatic N) is 3. The van der Waals surface area contributed by atoms with Gasteiger partial charge in [0.25, 0.3) is 5.91 Å². The van der Waals surface area contributed by atoms with Crippen LogP contribution in [0.15, 0.2) is 87.2 Å². The van der Waals surface area contributed by atoms with Crippen molar-refractivity contribution >= 4 is 22.7 Å². The van der Waals surface area contributed by atoms with E-state index in [1.54, 1.807) is 36.1 Å². The second-order valence-corrected chi connectivity index (χ2v) is 10.7. The summed E-state index contributed by atoms with van der Waals surface area (Å²) >= 11 is 0. The molecule has 1 saturated heterocycles. The standard InChI is InChI=1S/C32H28F3N3O3/c1-20-36-32(23-2-6-25(33)7-3-23,24-4-8-26(34)9-5-24)31(40)38(20)17-21-12-14-37(15-13-21)18-22-19-41-29-11-10-27(35)16-28(29)30(22)39/h2-11,16,19,21H,12-15,17-18H2,1H3. The van der Waals surface area contributed by atoms with Gasteiger partial charge in [-0.1, -0.05) is 24.3 Å². The van der Waals surface area contributed by atoms with E-state index in [0.717, 1.165) is 12.8 Å². The Balaban J connectivity index is 1.17. The topological polar surface area (TPSA) is 66.1 Å². The van der Waals surface area contributed by atoms with Crippen LogP contribution < -0.4 is 5.43 Å². The van der Waals surface area contributed by atoms with E-state index in [1.807, 2.05) is 0 Å². The number of carbonyl (C=O) groups is 1. The minimum atomic E-state index is -1.42. The van der Waals surface area contributed by atoms with Gasteiger partial charge in [-0.05, 0) is 92.4 Å². The molecular formula is C32H28F3N3O3. The zero-order chi connectivity index (χ0) is 28.7. The number of amidine groups is 1. The van der Waals surface area contributed by atoms with Gasteiger partial charge < -0.3 is 4.42 Å². The number of likely N-dealkylation sites (tertiary alicyclic amines) is 1. The molecule has 4 aromatic rings. The summed E-state index contributed by atoms with van der Waals surface area (Å²) < 4.78 is 46.8. The zero-order valence-electron chi connectivity index (χ0n) is 22.4. The predicted octanol–water partition coefficient (Wildman–Crippen LogP) is 5.63. The summed E-state index contributed by atoms with van der Waals surface area (Å²) in [6.45, 7) is 4.06. The first kappa shape index (κ1) is 27.0. The van der Waals surface area contributed by atoms with Gasteiger partial charge in [0.2, 0.25) is 0 Å². The van der Waals surface area contributed by atoms with Gasteiger partial charge in [0, 0.05) is 18.7 Å². The first-order valence-corrected chi connectivity index (χ1v) is 13.6. The highest BCUT2D eigenvalue weighted by atomic mass is 19.1. The first-order chi connectivity index (χ1) is 19.7. The lowest BCUT2D eigenvalue weighted by Crippen LogP contribution is -2.45. The number of rotatable bonds is 6. The Kier molecular flexibility index (Phi) is 6.99.